The van der Waals surface area contributed by atoms with Crippen molar-refractivity contribution in [1.82, 2.24) is 30.1 Å². The highest BCUT2D eigenvalue weighted by atomic mass is 16.1. The summed E-state index contributed by atoms with van der Waals surface area (Å²) in [4.78, 5) is 18.8. The van der Waals surface area contributed by atoms with Crippen LogP contribution in [0.1, 0.15) is 79.7 Å². The molecule has 0 spiro atoms. The molecule has 0 saturated heterocycles. The summed E-state index contributed by atoms with van der Waals surface area (Å²) in [5.41, 5.74) is 5.14. The van der Waals surface area contributed by atoms with Crippen LogP contribution < -0.4 is 5.56 Å². The van der Waals surface area contributed by atoms with E-state index < -0.39 is 0 Å². The number of pyridine rings is 1. The number of nitrogens with one attached hydrogen (secondary N) is 1. The van der Waals surface area contributed by atoms with Crippen molar-refractivity contribution in [3.63, 3.8) is 0 Å². The third-order valence-electron chi connectivity index (χ3n) is 7.52. The molecule has 2 aromatic carbocycles. The van der Waals surface area contributed by atoms with Crippen LogP contribution in [0, 0.1) is 19.8 Å². The fraction of sp³-hybridized carbons (Fsp3) is 0.448. The number of rotatable bonds is 8. The monoisotopic (exact) mass is 484 g/mol. The van der Waals surface area contributed by atoms with Gasteiger partial charge in [-0.3, -0.25) is 9.69 Å². The quantitative estimate of drug-likeness (QED) is 0.350. The zero-order valence-corrected chi connectivity index (χ0v) is 21.7. The maximum Gasteiger partial charge on any atom is 0.252 e. The van der Waals surface area contributed by atoms with E-state index in [0.29, 0.717) is 19.1 Å². The zero-order chi connectivity index (χ0) is 25.2. The topological polar surface area (TPSA) is 79.7 Å². The normalized spacial score (nSPS) is 15.4. The van der Waals surface area contributed by atoms with Crippen molar-refractivity contribution in [1.29, 1.82) is 0 Å². The van der Waals surface area contributed by atoms with Crippen molar-refractivity contribution in [2.75, 3.05) is 0 Å². The summed E-state index contributed by atoms with van der Waals surface area (Å²) < 4.78 is 2.06. The SMILES string of the molecule is Cc1ccc(CN(Cc2cc3cccc(C)c3[nH]c2=O)[C@H](c2nnnn2C2CCCC2)C(C)C)cc1. The van der Waals surface area contributed by atoms with Crippen molar-refractivity contribution < 1.29 is 0 Å². The summed E-state index contributed by atoms with van der Waals surface area (Å²) in [7, 11) is 0. The van der Waals surface area contributed by atoms with Crippen LogP contribution in [0.5, 0.6) is 0 Å². The summed E-state index contributed by atoms with van der Waals surface area (Å²) in [6.45, 7) is 9.77. The molecule has 7 nitrogen and oxygen atoms in total. The second-order valence-electron chi connectivity index (χ2n) is 10.7. The van der Waals surface area contributed by atoms with E-state index in [1.54, 1.807) is 0 Å². The molecule has 1 aliphatic carbocycles. The summed E-state index contributed by atoms with van der Waals surface area (Å²) >= 11 is 0. The molecule has 1 N–H and O–H groups in total. The van der Waals surface area contributed by atoms with Gasteiger partial charge in [-0.15, -0.1) is 5.10 Å². The van der Waals surface area contributed by atoms with E-state index in [2.05, 4.69) is 81.2 Å². The second-order valence-corrected chi connectivity index (χ2v) is 10.7. The van der Waals surface area contributed by atoms with Crippen LogP contribution in [-0.4, -0.2) is 30.1 Å². The first kappa shape index (κ1) is 24.4. The number of H-pyrrole nitrogens is 1. The van der Waals surface area contributed by atoms with Crippen molar-refractivity contribution in [2.24, 2.45) is 5.92 Å². The minimum atomic E-state index is -0.0383. The summed E-state index contributed by atoms with van der Waals surface area (Å²) in [6, 6.07) is 17.1. The lowest BCUT2D eigenvalue weighted by Gasteiger charge is -2.34. The second kappa shape index (κ2) is 10.3. The Labute approximate surface area is 212 Å². The minimum absolute atomic E-state index is 0.0329. The Balaban J connectivity index is 1.57. The van der Waals surface area contributed by atoms with Gasteiger partial charge in [-0.1, -0.05) is 74.7 Å². The number of hydrogen-bond acceptors (Lipinski definition) is 5. The van der Waals surface area contributed by atoms with Gasteiger partial charge in [-0.25, -0.2) is 4.68 Å². The summed E-state index contributed by atoms with van der Waals surface area (Å²) in [5.74, 6) is 1.15. The predicted octanol–water partition coefficient (Wildman–Crippen LogP) is 5.65. The molecule has 0 radical (unpaired) electrons. The smallest absolute Gasteiger partial charge is 0.252 e. The predicted molar refractivity (Wildman–Crippen MR) is 143 cm³/mol. The van der Waals surface area contributed by atoms with Crippen molar-refractivity contribution in [3.8, 4) is 0 Å². The van der Waals surface area contributed by atoms with E-state index in [9.17, 15) is 4.79 Å². The first-order chi connectivity index (χ1) is 17.4. The number of para-hydroxylation sites is 1. The fourth-order valence-corrected chi connectivity index (χ4v) is 5.63. The molecule has 1 atom stereocenters. The fourth-order valence-electron chi connectivity index (χ4n) is 5.63. The maximum atomic E-state index is 13.2. The van der Waals surface area contributed by atoms with E-state index in [1.807, 2.05) is 25.1 Å². The highest BCUT2D eigenvalue weighted by molar-refractivity contribution is 5.81. The molecule has 0 bridgehead atoms. The van der Waals surface area contributed by atoms with Crippen LogP contribution in [0.25, 0.3) is 10.9 Å². The van der Waals surface area contributed by atoms with Crippen molar-refractivity contribution >= 4 is 10.9 Å². The molecular formula is C29H36N6O. The van der Waals surface area contributed by atoms with Gasteiger partial charge in [-0.05, 0) is 65.6 Å². The average Bonchev–Trinajstić information content (AvgIpc) is 3.54. The van der Waals surface area contributed by atoms with Gasteiger partial charge in [0.05, 0.1) is 17.6 Å². The van der Waals surface area contributed by atoms with Crippen LogP contribution in [0.4, 0.5) is 0 Å². The van der Waals surface area contributed by atoms with Gasteiger partial charge in [0.1, 0.15) is 0 Å². The number of nitrogens with zero attached hydrogens (tertiary/aromatic N) is 5. The van der Waals surface area contributed by atoms with E-state index in [4.69, 9.17) is 0 Å². The van der Waals surface area contributed by atoms with Crippen molar-refractivity contribution in [2.45, 2.75) is 78.6 Å². The highest BCUT2D eigenvalue weighted by Gasteiger charge is 2.32. The van der Waals surface area contributed by atoms with Crippen LogP contribution in [0.3, 0.4) is 0 Å². The van der Waals surface area contributed by atoms with E-state index in [-0.39, 0.29) is 17.5 Å². The first-order valence-corrected chi connectivity index (χ1v) is 13.1. The summed E-state index contributed by atoms with van der Waals surface area (Å²) in [5, 5.41) is 14.2. The Morgan fingerprint density at radius 1 is 1.06 bits per heavy atom. The van der Waals surface area contributed by atoms with Gasteiger partial charge in [-0.2, -0.15) is 0 Å². The lowest BCUT2D eigenvalue weighted by molar-refractivity contribution is 0.123. The molecule has 5 rings (SSSR count). The molecule has 0 unspecified atom stereocenters. The Kier molecular flexibility index (Phi) is 7.01. The van der Waals surface area contributed by atoms with Gasteiger partial charge in [0.25, 0.3) is 5.56 Å². The number of tetrazole rings is 1. The van der Waals surface area contributed by atoms with Crippen molar-refractivity contribution in [3.05, 3.63) is 87.0 Å². The molecule has 1 aliphatic rings. The molecule has 1 saturated carbocycles. The first-order valence-electron chi connectivity index (χ1n) is 13.1. The largest absolute Gasteiger partial charge is 0.321 e. The molecule has 2 aromatic heterocycles. The number of benzene rings is 2. The molecule has 0 aliphatic heterocycles. The maximum absolute atomic E-state index is 13.2. The molecule has 188 valence electrons. The molecular weight excluding hydrogens is 448 g/mol. The molecule has 2 heterocycles. The minimum Gasteiger partial charge on any atom is -0.321 e. The van der Waals surface area contributed by atoms with Gasteiger partial charge in [0.2, 0.25) is 0 Å². The standard InChI is InChI=1S/C29H36N6O/c1-19(2)27(28-31-32-33-35(28)25-10-5-6-11-25)34(17-22-14-12-20(3)13-15-22)18-24-16-23-9-7-8-21(4)26(23)30-29(24)36/h7-9,12-16,19,25,27H,5-6,10-11,17-18H2,1-4H3,(H,30,36)/t27-/m0/s1. The Morgan fingerprint density at radius 3 is 2.53 bits per heavy atom. The molecule has 36 heavy (non-hydrogen) atoms. The number of aromatic amines is 1. The lowest BCUT2D eigenvalue weighted by atomic mass is 9.98. The summed E-state index contributed by atoms with van der Waals surface area (Å²) in [6.07, 6.45) is 4.67. The molecule has 1 fully saturated rings. The number of hydrogen-bond donors (Lipinski definition) is 1. The number of fused-ring (bicyclic) bond motifs is 1. The van der Waals surface area contributed by atoms with E-state index in [0.717, 1.165) is 40.7 Å². The average molecular weight is 485 g/mol. The molecule has 7 heteroatoms. The third-order valence-corrected chi connectivity index (χ3v) is 7.52. The van der Waals surface area contributed by atoms with Crippen LogP contribution in [-0.2, 0) is 13.1 Å². The number of aromatic nitrogens is 5. The Hall–Kier alpha value is -3.32. The van der Waals surface area contributed by atoms with Gasteiger partial charge >= 0.3 is 0 Å². The third kappa shape index (κ3) is 4.98. The van der Waals surface area contributed by atoms with Gasteiger partial charge in [0, 0.05) is 18.7 Å². The van der Waals surface area contributed by atoms with E-state index in [1.165, 1.54) is 24.0 Å². The lowest BCUT2D eigenvalue weighted by Crippen LogP contribution is -2.35. The Bertz CT molecular complexity index is 1380. The highest BCUT2D eigenvalue weighted by Crippen LogP contribution is 2.35. The Morgan fingerprint density at radius 2 is 1.81 bits per heavy atom. The van der Waals surface area contributed by atoms with Gasteiger partial charge < -0.3 is 4.98 Å². The molecule has 4 aromatic rings. The zero-order valence-electron chi connectivity index (χ0n) is 21.7. The van der Waals surface area contributed by atoms with Gasteiger partial charge in [0.15, 0.2) is 5.82 Å². The van der Waals surface area contributed by atoms with Crippen LogP contribution in [0.2, 0.25) is 0 Å². The van der Waals surface area contributed by atoms with Crippen LogP contribution in [0.15, 0.2) is 53.3 Å². The van der Waals surface area contributed by atoms with Crippen LogP contribution >= 0.6 is 0 Å². The van der Waals surface area contributed by atoms with E-state index >= 15 is 0 Å². The number of aryl methyl sites for hydroxylation is 2. The molecule has 0 amide bonds.